The average Bonchev–Trinajstić information content (AvgIpc) is 2.88. The number of benzene rings is 1. The monoisotopic (exact) mass is 339 g/mol. The van der Waals surface area contributed by atoms with Crippen molar-refractivity contribution in [2.45, 2.75) is 52.0 Å². The van der Waals surface area contributed by atoms with Gasteiger partial charge < -0.3 is 10.1 Å². The summed E-state index contributed by atoms with van der Waals surface area (Å²) in [5.41, 5.74) is 0.458. The van der Waals surface area contributed by atoms with Gasteiger partial charge in [-0.1, -0.05) is 42.6 Å². The lowest BCUT2D eigenvalue weighted by Gasteiger charge is -2.30. The third-order valence-electron chi connectivity index (χ3n) is 4.26. The molecule has 0 aromatic heterocycles. The fourth-order valence-electron chi connectivity index (χ4n) is 2.98. The molecule has 0 bridgehead atoms. The molecule has 2 nitrogen and oxygen atoms in total. The van der Waals surface area contributed by atoms with Crippen LogP contribution in [0.15, 0.2) is 28.7 Å². The first-order valence-corrected chi connectivity index (χ1v) is 8.51. The Labute approximate surface area is 131 Å². The van der Waals surface area contributed by atoms with Gasteiger partial charge >= 0.3 is 0 Å². The maximum atomic E-state index is 5.91. The summed E-state index contributed by atoms with van der Waals surface area (Å²) in [6.07, 6.45) is 6.59. The lowest BCUT2D eigenvalue weighted by molar-refractivity contribution is 0.189. The predicted molar refractivity (Wildman–Crippen MR) is 88.3 cm³/mol. The van der Waals surface area contributed by atoms with Gasteiger partial charge in [0.1, 0.15) is 5.75 Å². The first-order valence-electron chi connectivity index (χ1n) is 7.71. The Hall–Kier alpha value is -0.540. The normalized spacial score (nSPS) is 17.6. The molecule has 1 aliphatic rings. The van der Waals surface area contributed by atoms with Crippen LogP contribution in [-0.4, -0.2) is 19.2 Å². The van der Waals surface area contributed by atoms with Crippen LogP contribution in [0.3, 0.4) is 0 Å². The Bertz CT molecular complexity index is 396. The summed E-state index contributed by atoms with van der Waals surface area (Å²) in [6.45, 7) is 6.40. The van der Waals surface area contributed by atoms with Crippen LogP contribution in [-0.2, 0) is 0 Å². The Morgan fingerprint density at radius 2 is 1.85 bits per heavy atom. The number of nitrogens with one attached hydrogen (secondary N) is 1. The van der Waals surface area contributed by atoms with Crippen molar-refractivity contribution < 1.29 is 4.74 Å². The van der Waals surface area contributed by atoms with E-state index in [0.717, 1.165) is 29.8 Å². The highest BCUT2D eigenvalue weighted by molar-refractivity contribution is 9.10. The van der Waals surface area contributed by atoms with Crippen molar-refractivity contribution in [3.05, 3.63) is 28.7 Å². The molecule has 2 rings (SSSR count). The van der Waals surface area contributed by atoms with Crippen molar-refractivity contribution in [1.29, 1.82) is 0 Å². The molecule has 0 heterocycles. The molecule has 0 aliphatic heterocycles. The summed E-state index contributed by atoms with van der Waals surface area (Å²) >= 11 is 3.45. The van der Waals surface area contributed by atoms with E-state index in [9.17, 15) is 0 Å². The van der Waals surface area contributed by atoms with Gasteiger partial charge in [-0.2, -0.15) is 0 Å². The maximum absolute atomic E-state index is 5.91. The Kier molecular flexibility index (Phi) is 5.91. The van der Waals surface area contributed by atoms with Crippen LogP contribution in [0.25, 0.3) is 0 Å². The van der Waals surface area contributed by atoms with Gasteiger partial charge in [-0.3, -0.25) is 0 Å². The lowest BCUT2D eigenvalue weighted by Crippen LogP contribution is -2.37. The molecule has 0 atom stereocenters. The number of halogens is 1. The predicted octanol–water partition coefficient (Wildman–Crippen LogP) is 4.78. The molecule has 0 saturated heterocycles. The van der Waals surface area contributed by atoms with Crippen molar-refractivity contribution in [2.24, 2.45) is 5.41 Å². The first kappa shape index (κ1) is 15.8. The molecule has 1 saturated carbocycles. The zero-order valence-corrected chi connectivity index (χ0v) is 14.2. The Morgan fingerprint density at radius 1 is 1.20 bits per heavy atom. The molecular weight excluding hydrogens is 314 g/mol. The molecule has 1 aromatic rings. The van der Waals surface area contributed by atoms with Crippen molar-refractivity contribution >= 4 is 15.9 Å². The summed E-state index contributed by atoms with van der Waals surface area (Å²) in [7, 11) is 0. The fourth-order valence-corrected chi connectivity index (χ4v) is 3.24. The number of rotatable bonds is 7. The molecule has 0 amide bonds. The van der Waals surface area contributed by atoms with E-state index in [-0.39, 0.29) is 0 Å². The molecule has 112 valence electrons. The van der Waals surface area contributed by atoms with Crippen LogP contribution in [0, 0.1) is 5.41 Å². The molecule has 1 aliphatic carbocycles. The average molecular weight is 340 g/mol. The SMILES string of the molecule is CC(C)NCC1(CCOc2ccc(Br)cc2)CCCC1. The summed E-state index contributed by atoms with van der Waals surface area (Å²) in [5, 5.41) is 3.62. The van der Waals surface area contributed by atoms with Crippen LogP contribution in [0.5, 0.6) is 5.75 Å². The molecular formula is C17H26BrNO. The van der Waals surface area contributed by atoms with Gasteiger partial charge in [0.25, 0.3) is 0 Å². The number of hydrogen-bond acceptors (Lipinski definition) is 2. The highest BCUT2D eigenvalue weighted by Gasteiger charge is 2.33. The van der Waals surface area contributed by atoms with Gasteiger partial charge in [-0.15, -0.1) is 0 Å². The largest absolute Gasteiger partial charge is 0.494 e. The summed E-state index contributed by atoms with van der Waals surface area (Å²) < 4.78 is 7.00. The third-order valence-corrected chi connectivity index (χ3v) is 4.79. The summed E-state index contributed by atoms with van der Waals surface area (Å²) in [6, 6.07) is 8.68. The van der Waals surface area contributed by atoms with Gasteiger partial charge in [0.05, 0.1) is 6.61 Å². The van der Waals surface area contributed by atoms with Crippen molar-refractivity contribution in [3.63, 3.8) is 0 Å². The standard InChI is InChI=1S/C17H26BrNO/c1-14(2)19-13-17(9-3-4-10-17)11-12-20-16-7-5-15(18)6-8-16/h5-8,14,19H,3-4,9-13H2,1-2H3. The molecule has 1 fully saturated rings. The zero-order chi connectivity index (χ0) is 14.4. The fraction of sp³-hybridized carbons (Fsp3) is 0.647. The van der Waals surface area contributed by atoms with Crippen LogP contribution in [0.1, 0.15) is 46.0 Å². The van der Waals surface area contributed by atoms with Gasteiger partial charge in [0.2, 0.25) is 0 Å². The van der Waals surface area contributed by atoms with Crippen LogP contribution >= 0.6 is 15.9 Å². The second-order valence-electron chi connectivity index (χ2n) is 6.30. The summed E-state index contributed by atoms with van der Waals surface area (Å²) in [4.78, 5) is 0. The van der Waals surface area contributed by atoms with Gasteiger partial charge in [-0.25, -0.2) is 0 Å². The maximum Gasteiger partial charge on any atom is 0.119 e. The van der Waals surface area contributed by atoms with E-state index < -0.39 is 0 Å². The second kappa shape index (κ2) is 7.46. The van der Waals surface area contributed by atoms with Crippen LogP contribution < -0.4 is 10.1 Å². The Balaban J connectivity index is 1.81. The quantitative estimate of drug-likeness (QED) is 0.771. The van der Waals surface area contributed by atoms with Crippen LogP contribution in [0.4, 0.5) is 0 Å². The second-order valence-corrected chi connectivity index (χ2v) is 7.21. The van der Waals surface area contributed by atoms with E-state index in [1.54, 1.807) is 0 Å². The number of hydrogen-bond donors (Lipinski definition) is 1. The van der Waals surface area contributed by atoms with Crippen molar-refractivity contribution in [1.82, 2.24) is 5.32 Å². The van der Waals surface area contributed by atoms with E-state index in [0.29, 0.717) is 11.5 Å². The molecule has 0 spiro atoms. The topological polar surface area (TPSA) is 21.3 Å². The molecule has 0 radical (unpaired) electrons. The van der Waals surface area contributed by atoms with Gasteiger partial charge in [-0.05, 0) is 48.9 Å². The van der Waals surface area contributed by atoms with E-state index in [4.69, 9.17) is 4.74 Å². The van der Waals surface area contributed by atoms with E-state index in [1.807, 2.05) is 24.3 Å². The highest BCUT2D eigenvalue weighted by Crippen LogP contribution is 2.40. The van der Waals surface area contributed by atoms with E-state index in [2.05, 4.69) is 35.1 Å². The first-order chi connectivity index (χ1) is 9.60. The molecule has 3 heteroatoms. The van der Waals surface area contributed by atoms with Crippen molar-refractivity contribution in [2.75, 3.05) is 13.2 Å². The van der Waals surface area contributed by atoms with Gasteiger partial charge in [0.15, 0.2) is 0 Å². The zero-order valence-electron chi connectivity index (χ0n) is 12.6. The minimum atomic E-state index is 0.458. The molecule has 0 unspecified atom stereocenters. The number of ether oxygens (including phenoxy) is 1. The molecule has 1 aromatic carbocycles. The Morgan fingerprint density at radius 3 is 2.45 bits per heavy atom. The van der Waals surface area contributed by atoms with Crippen LogP contribution in [0.2, 0.25) is 0 Å². The van der Waals surface area contributed by atoms with Crippen molar-refractivity contribution in [3.8, 4) is 5.75 Å². The molecule has 1 N–H and O–H groups in total. The minimum absolute atomic E-state index is 0.458. The smallest absolute Gasteiger partial charge is 0.119 e. The summed E-state index contributed by atoms with van der Waals surface area (Å²) in [5.74, 6) is 0.971. The van der Waals surface area contributed by atoms with E-state index >= 15 is 0 Å². The minimum Gasteiger partial charge on any atom is -0.494 e. The third kappa shape index (κ3) is 4.78. The molecule has 20 heavy (non-hydrogen) atoms. The lowest BCUT2D eigenvalue weighted by atomic mass is 9.82. The van der Waals surface area contributed by atoms with E-state index in [1.165, 1.54) is 25.7 Å². The van der Waals surface area contributed by atoms with Gasteiger partial charge in [0, 0.05) is 17.1 Å². The highest BCUT2D eigenvalue weighted by atomic mass is 79.9.